The zero-order valence-electron chi connectivity index (χ0n) is 11.1. The van der Waals surface area contributed by atoms with E-state index in [0.29, 0.717) is 12.5 Å². The Bertz CT molecular complexity index is 362. The van der Waals surface area contributed by atoms with Crippen molar-refractivity contribution in [3.63, 3.8) is 0 Å². The van der Waals surface area contributed by atoms with Crippen LogP contribution in [0.25, 0.3) is 0 Å². The number of nitrogens with zero attached hydrogens (tertiary/aromatic N) is 1. The monoisotopic (exact) mass is 275 g/mol. The molecule has 1 unspecified atom stereocenters. The molecule has 18 heavy (non-hydrogen) atoms. The Hall–Kier alpha value is -0.170. The second kappa shape index (κ2) is 5.86. The van der Waals surface area contributed by atoms with Crippen LogP contribution < -0.4 is 10.5 Å². The molecule has 1 atom stereocenters. The van der Waals surface area contributed by atoms with E-state index in [2.05, 4.69) is 4.72 Å². The molecule has 0 spiro atoms. The van der Waals surface area contributed by atoms with Crippen LogP contribution in [-0.4, -0.2) is 38.4 Å². The fourth-order valence-corrected chi connectivity index (χ4v) is 3.85. The zero-order valence-corrected chi connectivity index (χ0v) is 12.0. The van der Waals surface area contributed by atoms with Crippen LogP contribution in [0.3, 0.4) is 0 Å². The van der Waals surface area contributed by atoms with Crippen LogP contribution >= 0.6 is 0 Å². The first-order valence-corrected chi connectivity index (χ1v) is 8.43. The van der Waals surface area contributed by atoms with Gasteiger partial charge in [-0.1, -0.05) is 19.3 Å². The predicted octanol–water partition coefficient (Wildman–Crippen LogP) is 0.823. The van der Waals surface area contributed by atoms with Crippen LogP contribution in [0.15, 0.2) is 0 Å². The van der Waals surface area contributed by atoms with Gasteiger partial charge < -0.3 is 5.73 Å². The van der Waals surface area contributed by atoms with Gasteiger partial charge in [-0.3, -0.25) is 0 Å². The largest absolute Gasteiger partial charge is 0.326 e. The maximum atomic E-state index is 12.1. The van der Waals surface area contributed by atoms with Crippen molar-refractivity contribution in [3.05, 3.63) is 0 Å². The van der Waals surface area contributed by atoms with Crippen LogP contribution in [0.5, 0.6) is 0 Å². The molecule has 0 radical (unpaired) electrons. The SMILES string of the molecule is CN(C1CCCCC1)S(=O)(=O)NCC(N)C1CC1. The molecule has 0 aromatic rings. The second-order valence-electron chi connectivity index (χ2n) is 5.66. The maximum absolute atomic E-state index is 12.1. The van der Waals surface area contributed by atoms with Gasteiger partial charge in [0.1, 0.15) is 0 Å². The molecule has 6 heteroatoms. The molecule has 2 aliphatic carbocycles. The van der Waals surface area contributed by atoms with Gasteiger partial charge in [0.05, 0.1) is 0 Å². The molecule has 0 amide bonds. The molecule has 2 fully saturated rings. The van der Waals surface area contributed by atoms with E-state index in [1.54, 1.807) is 7.05 Å². The van der Waals surface area contributed by atoms with E-state index in [1.807, 2.05) is 0 Å². The normalized spacial score (nSPS) is 24.4. The van der Waals surface area contributed by atoms with Crippen LogP contribution in [0.2, 0.25) is 0 Å². The third-order valence-corrected chi connectivity index (χ3v) is 5.78. The van der Waals surface area contributed by atoms with E-state index in [0.717, 1.165) is 38.5 Å². The molecule has 2 aliphatic rings. The van der Waals surface area contributed by atoms with Crippen LogP contribution in [-0.2, 0) is 10.2 Å². The van der Waals surface area contributed by atoms with Crippen molar-refractivity contribution < 1.29 is 8.42 Å². The van der Waals surface area contributed by atoms with E-state index in [1.165, 1.54) is 10.7 Å². The minimum Gasteiger partial charge on any atom is -0.326 e. The number of nitrogens with two attached hydrogens (primary N) is 1. The van der Waals surface area contributed by atoms with E-state index in [9.17, 15) is 8.42 Å². The first-order chi connectivity index (χ1) is 8.50. The maximum Gasteiger partial charge on any atom is 0.279 e. The summed E-state index contributed by atoms with van der Waals surface area (Å²) in [4.78, 5) is 0. The summed E-state index contributed by atoms with van der Waals surface area (Å²) >= 11 is 0. The molecular weight excluding hydrogens is 250 g/mol. The van der Waals surface area contributed by atoms with Crippen molar-refractivity contribution in [2.45, 2.75) is 57.0 Å². The predicted molar refractivity (Wildman–Crippen MR) is 72.3 cm³/mol. The quantitative estimate of drug-likeness (QED) is 0.753. The van der Waals surface area contributed by atoms with Gasteiger partial charge in [-0.05, 0) is 31.6 Å². The van der Waals surface area contributed by atoms with Crippen molar-refractivity contribution >= 4 is 10.2 Å². The zero-order chi connectivity index (χ0) is 13.2. The summed E-state index contributed by atoms with van der Waals surface area (Å²) < 4.78 is 28.4. The van der Waals surface area contributed by atoms with Crippen molar-refractivity contribution in [3.8, 4) is 0 Å². The summed E-state index contributed by atoms with van der Waals surface area (Å²) in [5.74, 6) is 0.521. The third-order valence-electron chi connectivity index (χ3n) is 4.20. The molecule has 2 saturated carbocycles. The summed E-state index contributed by atoms with van der Waals surface area (Å²) in [7, 11) is -1.68. The van der Waals surface area contributed by atoms with Gasteiger partial charge in [0, 0.05) is 25.7 Å². The van der Waals surface area contributed by atoms with E-state index >= 15 is 0 Å². The van der Waals surface area contributed by atoms with Gasteiger partial charge in [-0.15, -0.1) is 0 Å². The molecule has 5 nitrogen and oxygen atoms in total. The van der Waals surface area contributed by atoms with Crippen LogP contribution in [0, 0.1) is 5.92 Å². The molecule has 0 saturated heterocycles. The Morgan fingerprint density at radius 3 is 2.39 bits per heavy atom. The smallest absolute Gasteiger partial charge is 0.279 e. The lowest BCUT2D eigenvalue weighted by Crippen LogP contribution is -2.48. The van der Waals surface area contributed by atoms with Crippen molar-refractivity contribution in [2.75, 3.05) is 13.6 Å². The lowest BCUT2D eigenvalue weighted by molar-refractivity contribution is 0.282. The summed E-state index contributed by atoms with van der Waals surface area (Å²) in [6.45, 7) is 0.365. The first-order valence-electron chi connectivity index (χ1n) is 6.99. The molecule has 0 aliphatic heterocycles. The molecular formula is C12H25N3O2S. The van der Waals surface area contributed by atoms with E-state index in [4.69, 9.17) is 5.73 Å². The molecule has 0 bridgehead atoms. The molecule has 2 rings (SSSR count). The highest BCUT2D eigenvalue weighted by Gasteiger charge is 2.31. The standard InChI is InChI=1S/C12H25N3O2S/c1-15(11-5-3-2-4-6-11)18(16,17)14-9-12(13)10-7-8-10/h10-12,14H,2-9,13H2,1H3. The first kappa shape index (κ1) is 14.2. The number of hydrogen-bond acceptors (Lipinski definition) is 3. The molecule has 106 valence electrons. The average molecular weight is 275 g/mol. The minimum atomic E-state index is -3.36. The molecule has 3 N–H and O–H groups in total. The number of rotatable bonds is 6. The number of nitrogens with one attached hydrogen (secondary N) is 1. The van der Waals surface area contributed by atoms with Crippen LogP contribution in [0.1, 0.15) is 44.9 Å². The van der Waals surface area contributed by atoms with E-state index in [-0.39, 0.29) is 12.1 Å². The van der Waals surface area contributed by atoms with Crippen molar-refractivity contribution in [1.29, 1.82) is 0 Å². The van der Waals surface area contributed by atoms with Crippen LogP contribution in [0.4, 0.5) is 0 Å². The molecule has 0 aromatic heterocycles. The van der Waals surface area contributed by atoms with E-state index < -0.39 is 10.2 Å². The second-order valence-corrected chi connectivity index (χ2v) is 7.48. The Morgan fingerprint density at radius 2 is 1.83 bits per heavy atom. The van der Waals surface area contributed by atoms with Gasteiger partial charge >= 0.3 is 0 Å². The summed E-state index contributed by atoms with van der Waals surface area (Å²) in [5, 5.41) is 0. The third kappa shape index (κ3) is 3.66. The Morgan fingerprint density at radius 1 is 1.22 bits per heavy atom. The highest BCUT2D eigenvalue weighted by molar-refractivity contribution is 7.87. The fraction of sp³-hybridized carbons (Fsp3) is 1.00. The van der Waals surface area contributed by atoms with Gasteiger partial charge in [-0.25, -0.2) is 4.72 Å². The Labute approximate surface area is 110 Å². The van der Waals surface area contributed by atoms with Gasteiger partial charge in [-0.2, -0.15) is 12.7 Å². The van der Waals surface area contributed by atoms with Crippen molar-refractivity contribution in [2.24, 2.45) is 11.7 Å². The van der Waals surface area contributed by atoms with Gasteiger partial charge in [0.25, 0.3) is 10.2 Å². The lowest BCUT2D eigenvalue weighted by Gasteiger charge is -2.30. The molecule has 0 aromatic carbocycles. The van der Waals surface area contributed by atoms with Gasteiger partial charge in [0.2, 0.25) is 0 Å². The Kier molecular flexibility index (Phi) is 4.64. The highest BCUT2D eigenvalue weighted by atomic mass is 32.2. The highest BCUT2D eigenvalue weighted by Crippen LogP contribution is 2.31. The summed E-state index contributed by atoms with van der Waals surface area (Å²) in [6, 6.07) is 0.132. The lowest BCUT2D eigenvalue weighted by atomic mass is 9.96. The average Bonchev–Trinajstić information content (AvgIpc) is 3.20. The van der Waals surface area contributed by atoms with Gasteiger partial charge in [0.15, 0.2) is 0 Å². The summed E-state index contributed by atoms with van der Waals surface area (Å²) in [5.41, 5.74) is 5.92. The van der Waals surface area contributed by atoms with Crippen molar-refractivity contribution in [1.82, 2.24) is 9.03 Å². The topological polar surface area (TPSA) is 75.4 Å². The minimum absolute atomic E-state index is 0.0282. The summed E-state index contributed by atoms with van der Waals surface area (Å²) in [6.07, 6.45) is 7.73. The molecule has 0 heterocycles. The Balaban J connectivity index is 1.83. The fourth-order valence-electron chi connectivity index (χ4n) is 2.64. The number of hydrogen-bond donors (Lipinski definition) is 2.